The molecule has 2 heterocycles. The van der Waals surface area contributed by atoms with E-state index in [1.54, 1.807) is 36.5 Å². The van der Waals surface area contributed by atoms with E-state index >= 15 is 0 Å². The summed E-state index contributed by atoms with van der Waals surface area (Å²) in [6.45, 7) is 0.862. The number of methoxy groups -OCH3 is 1. The number of halogens is 2. The van der Waals surface area contributed by atoms with Crippen LogP contribution in [0, 0.1) is 0 Å². The van der Waals surface area contributed by atoms with Gasteiger partial charge in [0.05, 0.1) is 24.4 Å². The van der Waals surface area contributed by atoms with Gasteiger partial charge in [-0.1, -0.05) is 6.42 Å². The van der Waals surface area contributed by atoms with Gasteiger partial charge in [0.15, 0.2) is 0 Å². The third kappa shape index (κ3) is 6.09. The number of pyridine rings is 1. The minimum absolute atomic E-state index is 0. The highest BCUT2D eigenvalue weighted by molar-refractivity contribution is 6.05. The molecule has 1 aromatic carbocycles. The van der Waals surface area contributed by atoms with Crippen molar-refractivity contribution in [1.82, 2.24) is 10.3 Å². The van der Waals surface area contributed by atoms with Crippen molar-refractivity contribution in [3.05, 3.63) is 48.3 Å². The molecule has 1 saturated heterocycles. The number of nitrogens with zero attached hydrogens (tertiary/aromatic N) is 1. The van der Waals surface area contributed by atoms with Crippen LogP contribution in [0.3, 0.4) is 0 Å². The lowest BCUT2D eigenvalue weighted by Gasteiger charge is -2.22. The van der Waals surface area contributed by atoms with Crippen LogP contribution in [0.4, 0.5) is 11.4 Å². The van der Waals surface area contributed by atoms with Crippen LogP contribution in [-0.4, -0.2) is 36.5 Å². The number of anilines is 2. The third-order valence-electron chi connectivity index (χ3n) is 4.27. The standard InChI is InChI=1S/C19H22N4O3.2ClH/c1-26-17-11-14(22-19(25)16-6-2-3-10-21-16)7-8-15(17)23-18(24)13-5-4-9-20-12-13;;/h4-5,7-9,11-12,16,21H,2-3,6,10H2,1H3,(H,22,25)(H,23,24);2*1H. The van der Waals surface area contributed by atoms with Gasteiger partial charge in [0.25, 0.3) is 5.91 Å². The predicted molar refractivity (Wildman–Crippen MR) is 114 cm³/mol. The van der Waals surface area contributed by atoms with Gasteiger partial charge in [0.2, 0.25) is 5.91 Å². The average molecular weight is 427 g/mol. The molecule has 7 nitrogen and oxygen atoms in total. The molecule has 3 N–H and O–H groups in total. The van der Waals surface area contributed by atoms with Gasteiger partial charge in [-0.3, -0.25) is 14.6 Å². The molecule has 9 heteroatoms. The fourth-order valence-electron chi connectivity index (χ4n) is 2.87. The van der Waals surface area contributed by atoms with E-state index in [2.05, 4.69) is 20.9 Å². The van der Waals surface area contributed by atoms with Crippen molar-refractivity contribution in [1.29, 1.82) is 0 Å². The van der Waals surface area contributed by atoms with Gasteiger partial charge in [-0.05, 0) is 43.7 Å². The van der Waals surface area contributed by atoms with Crippen LogP contribution in [0.1, 0.15) is 29.6 Å². The number of ether oxygens (including phenoxy) is 1. The molecule has 2 aromatic rings. The number of piperidine rings is 1. The third-order valence-corrected chi connectivity index (χ3v) is 4.27. The number of carbonyl (C=O) groups excluding carboxylic acids is 2. The summed E-state index contributed by atoms with van der Waals surface area (Å²) < 4.78 is 5.35. The molecule has 1 unspecified atom stereocenters. The van der Waals surface area contributed by atoms with Crippen molar-refractivity contribution in [2.24, 2.45) is 0 Å². The Morgan fingerprint density at radius 2 is 2.00 bits per heavy atom. The van der Waals surface area contributed by atoms with Crippen molar-refractivity contribution in [2.45, 2.75) is 25.3 Å². The predicted octanol–water partition coefficient (Wildman–Crippen LogP) is 3.27. The Bertz CT molecular complexity index is 784. The van der Waals surface area contributed by atoms with Crippen LogP contribution < -0.4 is 20.7 Å². The lowest BCUT2D eigenvalue weighted by molar-refractivity contribution is -0.118. The Morgan fingerprint density at radius 3 is 2.64 bits per heavy atom. The molecular formula is C19H24Cl2N4O3. The number of hydrogen-bond acceptors (Lipinski definition) is 5. The Labute approximate surface area is 176 Å². The van der Waals surface area contributed by atoms with Crippen LogP contribution in [0.25, 0.3) is 0 Å². The molecule has 1 aliphatic rings. The second kappa shape index (κ2) is 11.5. The second-order valence-electron chi connectivity index (χ2n) is 6.10. The fraction of sp³-hybridized carbons (Fsp3) is 0.316. The molecule has 3 rings (SSSR count). The first-order chi connectivity index (χ1) is 12.7. The lowest BCUT2D eigenvalue weighted by Crippen LogP contribution is -2.43. The highest BCUT2D eigenvalue weighted by Crippen LogP contribution is 2.28. The van der Waals surface area contributed by atoms with Gasteiger partial charge >= 0.3 is 0 Å². The molecule has 1 aliphatic heterocycles. The number of nitrogens with one attached hydrogen (secondary N) is 3. The molecule has 0 spiro atoms. The van der Waals surface area contributed by atoms with Crippen LogP contribution in [-0.2, 0) is 4.79 Å². The minimum atomic E-state index is -0.278. The summed E-state index contributed by atoms with van der Waals surface area (Å²) >= 11 is 0. The maximum atomic E-state index is 12.3. The molecule has 0 aliphatic carbocycles. The van der Waals surface area contributed by atoms with E-state index in [0.29, 0.717) is 22.7 Å². The monoisotopic (exact) mass is 426 g/mol. The zero-order valence-electron chi connectivity index (χ0n) is 15.4. The molecule has 1 aromatic heterocycles. The van der Waals surface area contributed by atoms with Gasteiger partial charge in [0.1, 0.15) is 5.75 Å². The van der Waals surface area contributed by atoms with Crippen LogP contribution in [0.15, 0.2) is 42.7 Å². The first kappa shape index (κ1) is 23.7. The van der Waals surface area contributed by atoms with Gasteiger partial charge < -0.3 is 20.7 Å². The summed E-state index contributed by atoms with van der Waals surface area (Å²) in [6.07, 6.45) is 6.09. The molecule has 0 bridgehead atoms. The quantitative estimate of drug-likeness (QED) is 0.681. The first-order valence-electron chi connectivity index (χ1n) is 8.61. The van der Waals surface area contributed by atoms with Gasteiger partial charge in [-0.25, -0.2) is 0 Å². The summed E-state index contributed by atoms with van der Waals surface area (Å²) in [5, 5.41) is 8.90. The van der Waals surface area contributed by atoms with Gasteiger partial charge in [-0.2, -0.15) is 0 Å². The number of hydrogen-bond donors (Lipinski definition) is 3. The zero-order chi connectivity index (χ0) is 18.4. The minimum Gasteiger partial charge on any atom is -0.494 e. The summed E-state index contributed by atoms with van der Waals surface area (Å²) in [5.74, 6) is 0.134. The molecule has 1 atom stereocenters. The Hall–Kier alpha value is -2.35. The average Bonchev–Trinajstić information content (AvgIpc) is 2.70. The molecule has 28 heavy (non-hydrogen) atoms. The van der Waals surface area contributed by atoms with E-state index in [1.165, 1.54) is 13.3 Å². The molecule has 152 valence electrons. The highest BCUT2D eigenvalue weighted by Gasteiger charge is 2.21. The van der Waals surface area contributed by atoms with Crippen molar-refractivity contribution < 1.29 is 14.3 Å². The molecule has 0 radical (unpaired) electrons. The molecule has 2 amide bonds. The van der Waals surface area contributed by atoms with E-state index in [1.807, 2.05) is 0 Å². The van der Waals surface area contributed by atoms with E-state index in [9.17, 15) is 9.59 Å². The summed E-state index contributed by atoms with van der Waals surface area (Å²) in [5.41, 5.74) is 1.60. The van der Waals surface area contributed by atoms with Crippen LogP contribution in [0.5, 0.6) is 5.75 Å². The Morgan fingerprint density at radius 1 is 1.18 bits per heavy atom. The SMILES string of the molecule is COc1cc(NC(=O)C2CCCCN2)ccc1NC(=O)c1cccnc1.Cl.Cl. The Kier molecular flexibility index (Phi) is 9.72. The van der Waals surface area contributed by atoms with Crippen LogP contribution >= 0.6 is 24.8 Å². The molecule has 1 fully saturated rings. The maximum absolute atomic E-state index is 12.3. The number of rotatable bonds is 5. The number of carbonyl (C=O) groups is 2. The second-order valence-corrected chi connectivity index (χ2v) is 6.10. The van der Waals surface area contributed by atoms with E-state index in [4.69, 9.17) is 4.74 Å². The van der Waals surface area contributed by atoms with E-state index in [0.717, 1.165) is 25.8 Å². The fourth-order valence-corrected chi connectivity index (χ4v) is 2.87. The summed E-state index contributed by atoms with van der Waals surface area (Å²) in [7, 11) is 1.52. The van der Waals surface area contributed by atoms with E-state index in [-0.39, 0.29) is 42.7 Å². The Balaban J connectivity index is 0.00000196. The summed E-state index contributed by atoms with van der Waals surface area (Å²) in [6, 6.07) is 8.35. The zero-order valence-corrected chi connectivity index (χ0v) is 17.1. The summed E-state index contributed by atoms with van der Waals surface area (Å²) in [4.78, 5) is 28.5. The lowest BCUT2D eigenvalue weighted by atomic mass is 10.0. The maximum Gasteiger partial charge on any atom is 0.257 e. The highest BCUT2D eigenvalue weighted by atomic mass is 35.5. The molecule has 0 saturated carbocycles. The first-order valence-corrected chi connectivity index (χ1v) is 8.61. The van der Waals surface area contributed by atoms with Gasteiger partial charge in [0, 0.05) is 24.1 Å². The van der Waals surface area contributed by atoms with E-state index < -0.39 is 0 Å². The largest absolute Gasteiger partial charge is 0.494 e. The number of aromatic nitrogens is 1. The molecular weight excluding hydrogens is 403 g/mol. The van der Waals surface area contributed by atoms with Crippen molar-refractivity contribution in [3.8, 4) is 5.75 Å². The van der Waals surface area contributed by atoms with Gasteiger partial charge in [-0.15, -0.1) is 24.8 Å². The smallest absolute Gasteiger partial charge is 0.257 e. The van der Waals surface area contributed by atoms with Crippen molar-refractivity contribution in [2.75, 3.05) is 24.3 Å². The number of benzene rings is 1. The van der Waals surface area contributed by atoms with Crippen molar-refractivity contribution >= 4 is 48.0 Å². The topological polar surface area (TPSA) is 92.4 Å². The van der Waals surface area contributed by atoms with Crippen LogP contribution in [0.2, 0.25) is 0 Å². The number of amides is 2. The normalized spacial score (nSPS) is 15.4. The van der Waals surface area contributed by atoms with Crippen molar-refractivity contribution in [3.63, 3.8) is 0 Å².